The fraction of sp³-hybridized carbons (Fsp3) is 0.917. The summed E-state index contributed by atoms with van der Waals surface area (Å²) >= 11 is 0. The van der Waals surface area contributed by atoms with Crippen molar-refractivity contribution in [2.24, 2.45) is 17.1 Å². The van der Waals surface area contributed by atoms with E-state index in [2.05, 4.69) is 12.2 Å². The molecule has 1 aliphatic rings. The van der Waals surface area contributed by atoms with Crippen molar-refractivity contribution in [3.8, 4) is 0 Å². The van der Waals surface area contributed by atoms with Crippen LogP contribution in [-0.4, -0.2) is 19.0 Å². The monoisotopic (exact) mass is 212 g/mol. The predicted octanol–water partition coefficient (Wildman–Crippen LogP) is 1.67. The molecule has 3 heteroatoms. The van der Waals surface area contributed by atoms with Crippen LogP contribution in [0.15, 0.2) is 0 Å². The lowest BCUT2D eigenvalue weighted by molar-refractivity contribution is -0.121. The van der Waals surface area contributed by atoms with E-state index in [1.54, 1.807) is 0 Å². The Labute approximate surface area is 92.8 Å². The molecule has 1 amide bonds. The molecule has 0 aromatic carbocycles. The largest absolute Gasteiger partial charge is 0.369 e. The molecular weight excluding hydrogens is 188 g/mol. The molecule has 0 bridgehead atoms. The fourth-order valence-corrected chi connectivity index (χ4v) is 2.43. The van der Waals surface area contributed by atoms with Crippen LogP contribution in [-0.2, 0) is 4.79 Å². The highest BCUT2D eigenvalue weighted by Crippen LogP contribution is 2.40. The maximum Gasteiger partial charge on any atom is 0.221 e. The average Bonchev–Trinajstić information content (AvgIpc) is 2.67. The minimum Gasteiger partial charge on any atom is -0.369 e. The van der Waals surface area contributed by atoms with E-state index in [4.69, 9.17) is 5.73 Å². The number of hydrogen-bond donors (Lipinski definition) is 2. The third kappa shape index (κ3) is 3.49. The standard InChI is InChI=1S/C12H24N2O/c1-3-12(6-4-5-7-12)9-14-8-10(2)11(13)15/h10,14H,3-9H2,1-2H3,(H2,13,15). The first kappa shape index (κ1) is 12.5. The van der Waals surface area contributed by atoms with E-state index < -0.39 is 0 Å². The Kier molecular flexibility index (Phi) is 4.58. The topological polar surface area (TPSA) is 55.1 Å². The van der Waals surface area contributed by atoms with Crippen molar-refractivity contribution in [3.05, 3.63) is 0 Å². The summed E-state index contributed by atoms with van der Waals surface area (Å²) in [4.78, 5) is 10.9. The summed E-state index contributed by atoms with van der Waals surface area (Å²) < 4.78 is 0. The van der Waals surface area contributed by atoms with Crippen LogP contribution in [0.25, 0.3) is 0 Å². The summed E-state index contributed by atoms with van der Waals surface area (Å²) in [6.07, 6.45) is 6.63. The molecular formula is C12H24N2O. The number of primary amides is 1. The minimum atomic E-state index is -0.209. The third-order valence-corrected chi connectivity index (χ3v) is 3.85. The van der Waals surface area contributed by atoms with E-state index >= 15 is 0 Å². The lowest BCUT2D eigenvalue weighted by Gasteiger charge is -2.28. The molecule has 3 N–H and O–H groups in total. The van der Waals surface area contributed by atoms with E-state index in [-0.39, 0.29) is 11.8 Å². The quantitative estimate of drug-likeness (QED) is 0.703. The Bertz CT molecular complexity index is 210. The van der Waals surface area contributed by atoms with Crippen LogP contribution in [0.1, 0.15) is 46.0 Å². The van der Waals surface area contributed by atoms with Gasteiger partial charge in [0, 0.05) is 19.0 Å². The number of amides is 1. The SMILES string of the molecule is CCC1(CNCC(C)C(N)=O)CCCC1. The number of nitrogens with one attached hydrogen (secondary N) is 1. The molecule has 1 aliphatic carbocycles. The van der Waals surface area contributed by atoms with Gasteiger partial charge in [-0.15, -0.1) is 0 Å². The van der Waals surface area contributed by atoms with Crippen LogP contribution in [0.4, 0.5) is 0 Å². The van der Waals surface area contributed by atoms with Gasteiger partial charge in [0.1, 0.15) is 0 Å². The number of hydrogen-bond acceptors (Lipinski definition) is 2. The second-order valence-corrected chi connectivity index (χ2v) is 4.99. The van der Waals surface area contributed by atoms with Gasteiger partial charge in [-0.3, -0.25) is 4.79 Å². The molecule has 0 heterocycles. The Hall–Kier alpha value is -0.570. The lowest BCUT2D eigenvalue weighted by atomic mass is 9.83. The molecule has 3 nitrogen and oxygen atoms in total. The van der Waals surface area contributed by atoms with Gasteiger partial charge in [0.2, 0.25) is 5.91 Å². The second-order valence-electron chi connectivity index (χ2n) is 4.99. The Morgan fingerprint density at radius 3 is 2.53 bits per heavy atom. The van der Waals surface area contributed by atoms with E-state index in [9.17, 15) is 4.79 Å². The molecule has 1 rings (SSSR count). The van der Waals surface area contributed by atoms with Crippen molar-refractivity contribution in [2.75, 3.05) is 13.1 Å². The van der Waals surface area contributed by atoms with E-state index in [1.807, 2.05) is 6.92 Å². The summed E-state index contributed by atoms with van der Waals surface area (Å²) in [6, 6.07) is 0. The van der Waals surface area contributed by atoms with Crippen LogP contribution in [0, 0.1) is 11.3 Å². The fourth-order valence-electron chi connectivity index (χ4n) is 2.43. The van der Waals surface area contributed by atoms with Crippen molar-refractivity contribution in [2.45, 2.75) is 46.0 Å². The molecule has 0 aromatic rings. The lowest BCUT2D eigenvalue weighted by Crippen LogP contribution is -2.37. The first-order valence-corrected chi connectivity index (χ1v) is 6.10. The van der Waals surface area contributed by atoms with E-state index in [0.29, 0.717) is 5.41 Å². The third-order valence-electron chi connectivity index (χ3n) is 3.85. The Balaban J connectivity index is 2.26. The van der Waals surface area contributed by atoms with Crippen molar-refractivity contribution >= 4 is 5.91 Å². The van der Waals surface area contributed by atoms with Gasteiger partial charge in [0.15, 0.2) is 0 Å². The van der Waals surface area contributed by atoms with Crippen LogP contribution >= 0.6 is 0 Å². The first-order chi connectivity index (χ1) is 7.09. The number of nitrogens with two attached hydrogens (primary N) is 1. The van der Waals surface area contributed by atoms with Gasteiger partial charge in [0.25, 0.3) is 0 Å². The second kappa shape index (κ2) is 5.50. The molecule has 1 unspecified atom stereocenters. The van der Waals surface area contributed by atoms with E-state index in [1.165, 1.54) is 32.1 Å². The van der Waals surface area contributed by atoms with Gasteiger partial charge in [-0.2, -0.15) is 0 Å². The zero-order valence-corrected chi connectivity index (χ0v) is 10.0. The predicted molar refractivity (Wildman–Crippen MR) is 62.4 cm³/mol. The number of rotatable bonds is 6. The van der Waals surface area contributed by atoms with Crippen LogP contribution < -0.4 is 11.1 Å². The Morgan fingerprint density at radius 1 is 1.47 bits per heavy atom. The zero-order chi connectivity index (χ0) is 11.3. The molecule has 15 heavy (non-hydrogen) atoms. The average molecular weight is 212 g/mol. The molecule has 88 valence electrons. The zero-order valence-electron chi connectivity index (χ0n) is 10.0. The maximum absolute atomic E-state index is 10.9. The van der Waals surface area contributed by atoms with Gasteiger partial charge < -0.3 is 11.1 Å². The highest BCUT2D eigenvalue weighted by molar-refractivity contribution is 5.76. The molecule has 0 radical (unpaired) electrons. The van der Waals surface area contributed by atoms with Crippen LogP contribution in [0.2, 0.25) is 0 Å². The summed E-state index contributed by atoms with van der Waals surface area (Å²) in [5.41, 5.74) is 5.71. The molecule has 0 saturated heterocycles. The molecule has 0 aromatic heterocycles. The number of carbonyl (C=O) groups is 1. The first-order valence-electron chi connectivity index (χ1n) is 6.10. The summed E-state index contributed by atoms with van der Waals surface area (Å²) in [7, 11) is 0. The molecule has 0 spiro atoms. The Morgan fingerprint density at radius 2 is 2.07 bits per heavy atom. The van der Waals surface area contributed by atoms with Crippen molar-refractivity contribution in [1.29, 1.82) is 0 Å². The summed E-state index contributed by atoms with van der Waals surface area (Å²) in [6.45, 7) is 5.91. The van der Waals surface area contributed by atoms with Gasteiger partial charge in [0.05, 0.1) is 0 Å². The van der Waals surface area contributed by atoms with Crippen molar-refractivity contribution < 1.29 is 4.79 Å². The smallest absolute Gasteiger partial charge is 0.221 e. The molecule has 0 aliphatic heterocycles. The van der Waals surface area contributed by atoms with Crippen LogP contribution in [0.3, 0.4) is 0 Å². The highest BCUT2D eigenvalue weighted by atomic mass is 16.1. The van der Waals surface area contributed by atoms with E-state index in [0.717, 1.165) is 13.1 Å². The number of carbonyl (C=O) groups excluding carboxylic acids is 1. The van der Waals surface area contributed by atoms with Gasteiger partial charge >= 0.3 is 0 Å². The minimum absolute atomic E-state index is 0.0553. The van der Waals surface area contributed by atoms with Gasteiger partial charge in [-0.05, 0) is 24.7 Å². The van der Waals surface area contributed by atoms with Crippen molar-refractivity contribution in [3.63, 3.8) is 0 Å². The highest BCUT2D eigenvalue weighted by Gasteiger charge is 2.31. The molecule has 1 atom stereocenters. The molecule has 1 saturated carbocycles. The maximum atomic E-state index is 10.9. The normalized spacial score (nSPS) is 21.5. The summed E-state index contributed by atoms with van der Waals surface area (Å²) in [5.74, 6) is -0.264. The van der Waals surface area contributed by atoms with Crippen LogP contribution in [0.5, 0.6) is 0 Å². The van der Waals surface area contributed by atoms with Crippen molar-refractivity contribution in [1.82, 2.24) is 5.32 Å². The van der Waals surface area contributed by atoms with Gasteiger partial charge in [-0.25, -0.2) is 0 Å². The van der Waals surface area contributed by atoms with Gasteiger partial charge in [-0.1, -0.05) is 26.7 Å². The summed E-state index contributed by atoms with van der Waals surface area (Å²) in [5, 5.41) is 3.40. The molecule has 1 fully saturated rings.